The van der Waals surface area contributed by atoms with Crippen molar-refractivity contribution in [2.24, 2.45) is 10.3 Å². The van der Waals surface area contributed by atoms with Gasteiger partial charge < -0.3 is 5.32 Å². The second kappa shape index (κ2) is 7.21. The molecule has 0 bridgehead atoms. The molecule has 2 aromatic rings. The van der Waals surface area contributed by atoms with E-state index in [1.807, 2.05) is 0 Å². The normalized spacial score (nSPS) is 20.6. The minimum Gasteiger partial charge on any atom is -0.324 e. The number of imide groups is 1. The van der Waals surface area contributed by atoms with Gasteiger partial charge in [-0.1, -0.05) is 40.6 Å². The Balaban J connectivity index is 1.49. The summed E-state index contributed by atoms with van der Waals surface area (Å²) >= 11 is 11.9. The Hall–Kier alpha value is -2.97. The maximum atomic E-state index is 12.9. The van der Waals surface area contributed by atoms with Crippen molar-refractivity contribution < 1.29 is 14.4 Å². The van der Waals surface area contributed by atoms with Gasteiger partial charge in [-0.3, -0.25) is 19.4 Å². The molecule has 4 rings (SSSR count). The minimum absolute atomic E-state index is 0.237. The van der Waals surface area contributed by atoms with Crippen LogP contribution in [0.2, 0.25) is 10.0 Å². The number of hydrogen-bond donors (Lipinski definition) is 1. The zero-order chi connectivity index (χ0) is 19.8. The van der Waals surface area contributed by atoms with E-state index in [9.17, 15) is 14.4 Å². The van der Waals surface area contributed by atoms with Gasteiger partial charge in [0.2, 0.25) is 5.91 Å². The molecule has 2 aliphatic heterocycles. The third-order valence-electron chi connectivity index (χ3n) is 4.34. The van der Waals surface area contributed by atoms with Crippen molar-refractivity contribution in [3.05, 3.63) is 58.6 Å². The highest BCUT2D eigenvalue weighted by Gasteiger charge is 2.55. The molecule has 0 unspecified atom stereocenters. The molecular formula is C18H13Cl2N5O3. The number of nitrogens with zero attached hydrogens (tertiary/aromatic N) is 4. The highest BCUT2D eigenvalue weighted by atomic mass is 35.5. The van der Waals surface area contributed by atoms with Crippen LogP contribution in [0.3, 0.4) is 0 Å². The SMILES string of the molecule is O=C(CN1N=N[C@@H]2C(=O)N(c3cccc(Cl)c3)C(=O)[C@H]21)Nc1cccc(Cl)c1. The van der Waals surface area contributed by atoms with Gasteiger partial charge in [-0.05, 0) is 36.4 Å². The van der Waals surface area contributed by atoms with Crippen LogP contribution in [0.15, 0.2) is 58.9 Å². The summed E-state index contributed by atoms with van der Waals surface area (Å²) in [6.45, 7) is -0.237. The fraction of sp³-hybridized carbons (Fsp3) is 0.167. The quantitative estimate of drug-likeness (QED) is 0.773. The van der Waals surface area contributed by atoms with E-state index in [-0.39, 0.29) is 6.54 Å². The number of nitrogens with one attached hydrogen (secondary N) is 1. The lowest BCUT2D eigenvalue weighted by Gasteiger charge is -2.20. The van der Waals surface area contributed by atoms with Gasteiger partial charge in [-0.25, -0.2) is 4.90 Å². The Morgan fingerprint density at radius 3 is 2.46 bits per heavy atom. The van der Waals surface area contributed by atoms with Crippen LogP contribution in [0.4, 0.5) is 11.4 Å². The van der Waals surface area contributed by atoms with Crippen LogP contribution in [0, 0.1) is 0 Å². The van der Waals surface area contributed by atoms with Gasteiger partial charge in [-0.2, -0.15) is 5.11 Å². The van der Waals surface area contributed by atoms with Crippen molar-refractivity contribution in [1.29, 1.82) is 0 Å². The van der Waals surface area contributed by atoms with Crippen LogP contribution >= 0.6 is 23.2 Å². The van der Waals surface area contributed by atoms with Crippen molar-refractivity contribution in [2.75, 3.05) is 16.8 Å². The molecule has 1 fully saturated rings. The number of rotatable bonds is 4. The average Bonchev–Trinajstić information content (AvgIpc) is 3.15. The third kappa shape index (κ3) is 3.32. The number of hydrogen-bond acceptors (Lipinski definition) is 6. The lowest BCUT2D eigenvalue weighted by Crippen LogP contribution is -2.43. The molecule has 0 aliphatic carbocycles. The Bertz CT molecular complexity index is 1010. The molecule has 1 saturated heterocycles. The Morgan fingerprint density at radius 1 is 1.04 bits per heavy atom. The number of halogens is 2. The molecule has 142 valence electrons. The van der Waals surface area contributed by atoms with Gasteiger partial charge in [0.25, 0.3) is 11.8 Å². The lowest BCUT2D eigenvalue weighted by atomic mass is 10.1. The molecule has 2 aliphatic rings. The first kappa shape index (κ1) is 18.4. The van der Waals surface area contributed by atoms with E-state index >= 15 is 0 Å². The van der Waals surface area contributed by atoms with Gasteiger partial charge in [0.15, 0.2) is 12.1 Å². The highest BCUT2D eigenvalue weighted by molar-refractivity contribution is 6.32. The Labute approximate surface area is 169 Å². The number of carbonyl (C=O) groups is 3. The molecule has 2 atom stereocenters. The third-order valence-corrected chi connectivity index (χ3v) is 4.81. The standard InChI is InChI=1S/C18H13Cl2N5O3/c19-10-3-1-5-12(7-10)21-14(26)9-24-16-15(22-23-24)17(27)25(18(16)28)13-6-2-4-11(20)8-13/h1-8,15-16H,9H2,(H,21,26)/t15-,16-/m0/s1. The van der Waals surface area contributed by atoms with Gasteiger partial charge in [0, 0.05) is 15.7 Å². The van der Waals surface area contributed by atoms with Crippen molar-refractivity contribution in [3.8, 4) is 0 Å². The summed E-state index contributed by atoms with van der Waals surface area (Å²) in [4.78, 5) is 38.8. The summed E-state index contributed by atoms with van der Waals surface area (Å²) in [6.07, 6.45) is 0. The molecule has 1 N–H and O–H groups in total. The molecule has 0 saturated carbocycles. The zero-order valence-corrected chi connectivity index (χ0v) is 15.8. The zero-order valence-electron chi connectivity index (χ0n) is 14.3. The Kier molecular flexibility index (Phi) is 4.74. The van der Waals surface area contributed by atoms with Gasteiger partial charge in [-0.15, -0.1) is 0 Å². The number of fused-ring (bicyclic) bond motifs is 1. The van der Waals surface area contributed by atoms with Gasteiger partial charge in [0.05, 0.1) is 5.69 Å². The molecule has 0 aromatic heterocycles. The van der Waals surface area contributed by atoms with E-state index in [1.165, 1.54) is 11.1 Å². The van der Waals surface area contributed by atoms with Gasteiger partial charge >= 0.3 is 0 Å². The van der Waals surface area contributed by atoms with Crippen molar-refractivity contribution in [1.82, 2.24) is 5.01 Å². The fourth-order valence-electron chi connectivity index (χ4n) is 3.14. The van der Waals surface area contributed by atoms with Crippen LogP contribution in [0.5, 0.6) is 0 Å². The van der Waals surface area contributed by atoms with E-state index < -0.39 is 29.8 Å². The van der Waals surface area contributed by atoms with Crippen molar-refractivity contribution >= 4 is 52.3 Å². The summed E-state index contributed by atoms with van der Waals surface area (Å²) in [6, 6.07) is 11.1. The summed E-state index contributed by atoms with van der Waals surface area (Å²) < 4.78 is 0. The predicted octanol–water partition coefficient (Wildman–Crippen LogP) is 2.93. The highest BCUT2D eigenvalue weighted by Crippen LogP contribution is 2.32. The summed E-state index contributed by atoms with van der Waals surface area (Å²) in [7, 11) is 0. The molecule has 3 amide bonds. The first-order valence-corrected chi connectivity index (χ1v) is 9.06. The van der Waals surface area contributed by atoms with E-state index in [1.54, 1.807) is 42.5 Å². The molecule has 0 radical (unpaired) electrons. The smallest absolute Gasteiger partial charge is 0.263 e. The molecule has 0 spiro atoms. The molecule has 28 heavy (non-hydrogen) atoms. The molecule has 8 nitrogen and oxygen atoms in total. The topological polar surface area (TPSA) is 94.4 Å². The van der Waals surface area contributed by atoms with E-state index in [0.717, 1.165) is 4.90 Å². The van der Waals surface area contributed by atoms with E-state index in [0.29, 0.717) is 21.4 Å². The number of carbonyl (C=O) groups excluding carboxylic acids is 3. The molecule has 2 heterocycles. The number of anilines is 2. The summed E-state index contributed by atoms with van der Waals surface area (Å²) in [5.41, 5.74) is 0.870. The largest absolute Gasteiger partial charge is 0.324 e. The van der Waals surface area contributed by atoms with Crippen LogP contribution in [-0.2, 0) is 14.4 Å². The first-order chi connectivity index (χ1) is 13.4. The average molecular weight is 418 g/mol. The minimum atomic E-state index is -0.981. The fourth-order valence-corrected chi connectivity index (χ4v) is 3.51. The van der Waals surface area contributed by atoms with Crippen LogP contribution in [0.25, 0.3) is 0 Å². The van der Waals surface area contributed by atoms with E-state index in [4.69, 9.17) is 23.2 Å². The van der Waals surface area contributed by atoms with Crippen LogP contribution in [0.1, 0.15) is 0 Å². The summed E-state index contributed by atoms with van der Waals surface area (Å²) in [5.74, 6) is -1.42. The number of benzene rings is 2. The van der Waals surface area contributed by atoms with Crippen molar-refractivity contribution in [3.63, 3.8) is 0 Å². The molecule has 10 heteroatoms. The van der Waals surface area contributed by atoms with E-state index in [2.05, 4.69) is 15.7 Å². The Morgan fingerprint density at radius 2 is 1.75 bits per heavy atom. The van der Waals surface area contributed by atoms with Crippen LogP contribution in [-0.4, -0.2) is 41.4 Å². The second-order valence-corrected chi connectivity index (χ2v) is 7.12. The molecule has 2 aromatic carbocycles. The monoisotopic (exact) mass is 417 g/mol. The lowest BCUT2D eigenvalue weighted by molar-refractivity contribution is -0.123. The molecular weight excluding hydrogens is 405 g/mol. The second-order valence-electron chi connectivity index (χ2n) is 6.24. The van der Waals surface area contributed by atoms with Crippen molar-refractivity contribution in [2.45, 2.75) is 12.1 Å². The predicted molar refractivity (Wildman–Crippen MR) is 103 cm³/mol. The maximum absolute atomic E-state index is 12.9. The van der Waals surface area contributed by atoms with Crippen LogP contribution < -0.4 is 10.2 Å². The first-order valence-electron chi connectivity index (χ1n) is 8.30. The number of amides is 3. The maximum Gasteiger partial charge on any atom is 0.263 e. The summed E-state index contributed by atoms with van der Waals surface area (Å²) in [5, 5.41) is 12.5. The van der Waals surface area contributed by atoms with Gasteiger partial charge in [0.1, 0.15) is 6.54 Å².